The van der Waals surface area contributed by atoms with Crippen LogP contribution in [0.5, 0.6) is 0 Å². The van der Waals surface area contributed by atoms with Crippen LogP contribution < -0.4 is 5.73 Å². The number of aliphatic hydroxyl groups is 1. The zero-order valence-electron chi connectivity index (χ0n) is 10.6. The van der Waals surface area contributed by atoms with Crippen molar-refractivity contribution < 1.29 is 5.11 Å². The molecule has 5 heteroatoms. The van der Waals surface area contributed by atoms with Gasteiger partial charge in [-0.05, 0) is 0 Å². The molecule has 1 aliphatic rings. The first-order valence-electron chi connectivity index (χ1n) is 6.43. The Hall–Kier alpha value is -1.30. The summed E-state index contributed by atoms with van der Waals surface area (Å²) in [6.07, 6.45) is 0.661. The minimum atomic E-state index is -0.228. The molecule has 4 nitrogen and oxygen atoms in total. The summed E-state index contributed by atoms with van der Waals surface area (Å²) in [5, 5.41) is 10.3. The molecular formula is C14H17N3OS. The van der Waals surface area contributed by atoms with Crippen molar-refractivity contribution in [2.75, 3.05) is 12.4 Å². The summed E-state index contributed by atoms with van der Waals surface area (Å²) in [6.45, 7) is 0.981. The molecule has 0 aliphatic carbocycles. The van der Waals surface area contributed by atoms with Gasteiger partial charge < -0.3 is 15.4 Å². The van der Waals surface area contributed by atoms with Crippen molar-refractivity contribution in [3.05, 3.63) is 36.0 Å². The predicted octanol–water partition coefficient (Wildman–Crippen LogP) is 1.52. The minimum absolute atomic E-state index is 0.00187. The number of imidazole rings is 1. The number of aliphatic hydroxyl groups excluding tert-OH is 1. The number of rotatable bonds is 4. The van der Waals surface area contributed by atoms with Gasteiger partial charge in [0.1, 0.15) is 0 Å². The van der Waals surface area contributed by atoms with Crippen molar-refractivity contribution in [1.29, 1.82) is 0 Å². The molecule has 100 valence electrons. The Bertz CT molecular complexity index is 568. The average molecular weight is 275 g/mol. The molecule has 1 unspecified atom stereocenters. The van der Waals surface area contributed by atoms with Crippen LogP contribution in [0.4, 0.5) is 0 Å². The molecule has 0 spiro atoms. The van der Waals surface area contributed by atoms with E-state index in [1.165, 1.54) is 0 Å². The van der Waals surface area contributed by atoms with Crippen LogP contribution in [0.15, 0.2) is 35.5 Å². The lowest BCUT2D eigenvalue weighted by Crippen LogP contribution is -2.28. The van der Waals surface area contributed by atoms with Gasteiger partial charge in [-0.15, -0.1) is 0 Å². The molecule has 2 heterocycles. The number of nitrogens with zero attached hydrogens (tertiary/aromatic N) is 2. The highest BCUT2D eigenvalue weighted by Crippen LogP contribution is 2.33. The summed E-state index contributed by atoms with van der Waals surface area (Å²) in [7, 11) is 0. The van der Waals surface area contributed by atoms with Gasteiger partial charge in [0.15, 0.2) is 5.16 Å². The molecule has 19 heavy (non-hydrogen) atoms. The van der Waals surface area contributed by atoms with Gasteiger partial charge in [0.25, 0.3) is 0 Å². The first-order chi connectivity index (χ1) is 9.29. The lowest BCUT2D eigenvalue weighted by Gasteiger charge is -2.11. The van der Waals surface area contributed by atoms with Crippen molar-refractivity contribution in [3.63, 3.8) is 0 Å². The zero-order chi connectivity index (χ0) is 13.2. The fourth-order valence-corrected chi connectivity index (χ4v) is 3.35. The predicted molar refractivity (Wildman–Crippen MR) is 77.2 cm³/mol. The Kier molecular flexibility index (Phi) is 3.59. The van der Waals surface area contributed by atoms with E-state index in [0.717, 1.165) is 34.4 Å². The van der Waals surface area contributed by atoms with Gasteiger partial charge in [-0.3, -0.25) is 0 Å². The Morgan fingerprint density at radius 3 is 2.89 bits per heavy atom. The Morgan fingerprint density at radius 1 is 1.37 bits per heavy atom. The van der Waals surface area contributed by atoms with Crippen LogP contribution in [0.25, 0.3) is 11.3 Å². The second-order valence-electron chi connectivity index (χ2n) is 4.70. The minimum Gasteiger partial charge on any atom is -0.395 e. The van der Waals surface area contributed by atoms with E-state index in [4.69, 9.17) is 10.7 Å². The molecule has 3 N–H and O–H groups in total. The van der Waals surface area contributed by atoms with E-state index in [2.05, 4.69) is 16.7 Å². The van der Waals surface area contributed by atoms with Gasteiger partial charge >= 0.3 is 0 Å². The highest BCUT2D eigenvalue weighted by molar-refractivity contribution is 7.99. The molecular weight excluding hydrogens is 258 g/mol. The maximum Gasteiger partial charge on any atom is 0.168 e. The number of hydrogen-bond donors (Lipinski definition) is 2. The molecule has 1 atom stereocenters. The molecule has 0 saturated carbocycles. The smallest absolute Gasteiger partial charge is 0.168 e. The van der Waals surface area contributed by atoms with E-state index in [-0.39, 0.29) is 12.6 Å². The highest BCUT2D eigenvalue weighted by atomic mass is 32.2. The van der Waals surface area contributed by atoms with Gasteiger partial charge in [-0.2, -0.15) is 0 Å². The van der Waals surface area contributed by atoms with E-state index >= 15 is 0 Å². The van der Waals surface area contributed by atoms with E-state index in [1.807, 2.05) is 18.2 Å². The summed E-state index contributed by atoms with van der Waals surface area (Å²) in [6, 6.07) is 9.94. The van der Waals surface area contributed by atoms with Crippen molar-refractivity contribution in [3.8, 4) is 11.3 Å². The monoisotopic (exact) mass is 275 g/mol. The van der Waals surface area contributed by atoms with E-state index in [9.17, 15) is 5.11 Å². The van der Waals surface area contributed by atoms with Crippen LogP contribution in [0.3, 0.4) is 0 Å². The molecule has 3 rings (SSSR count). The van der Waals surface area contributed by atoms with Crippen LogP contribution >= 0.6 is 11.8 Å². The van der Waals surface area contributed by atoms with Crippen LogP contribution in [0.2, 0.25) is 0 Å². The number of benzene rings is 1. The molecule has 0 amide bonds. The molecule has 0 fully saturated rings. The van der Waals surface area contributed by atoms with Gasteiger partial charge in [0.05, 0.1) is 12.3 Å². The van der Waals surface area contributed by atoms with Crippen molar-refractivity contribution in [2.24, 2.45) is 5.73 Å². The first kappa shape index (κ1) is 12.7. The van der Waals surface area contributed by atoms with Gasteiger partial charge in [-0.25, -0.2) is 4.98 Å². The molecule has 2 aromatic rings. The standard InChI is InChI=1S/C14H17N3OS/c15-11(9-18)8-12-13(10-4-2-1-3-5-10)16-14-17(12)6-7-19-14/h1-5,11,18H,6-9,15H2. The average Bonchev–Trinajstić information content (AvgIpc) is 3.02. The SMILES string of the molecule is NC(CO)Cc1c(-c2ccccc2)nc2n1CCS2. The first-order valence-corrected chi connectivity index (χ1v) is 7.42. The summed E-state index contributed by atoms with van der Waals surface area (Å²) < 4.78 is 2.24. The quantitative estimate of drug-likeness (QED) is 0.888. The van der Waals surface area contributed by atoms with Crippen molar-refractivity contribution in [1.82, 2.24) is 9.55 Å². The third-order valence-corrected chi connectivity index (χ3v) is 4.28. The number of nitrogens with two attached hydrogens (primary N) is 1. The molecule has 1 aromatic heterocycles. The summed E-state index contributed by atoms with van der Waals surface area (Å²) >= 11 is 1.78. The maximum atomic E-state index is 9.18. The molecule has 1 aromatic carbocycles. The molecule has 1 aliphatic heterocycles. The lowest BCUT2D eigenvalue weighted by atomic mass is 10.1. The van der Waals surface area contributed by atoms with Gasteiger partial charge in [-0.1, -0.05) is 42.1 Å². The lowest BCUT2D eigenvalue weighted by molar-refractivity contribution is 0.264. The Balaban J connectivity index is 2.04. The summed E-state index contributed by atoms with van der Waals surface area (Å²) in [5.41, 5.74) is 9.18. The number of aromatic nitrogens is 2. The second kappa shape index (κ2) is 5.36. The number of thioether (sulfide) groups is 1. The maximum absolute atomic E-state index is 9.18. The number of fused-ring (bicyclic) bond motifs is 1. The molecule has 0 bridgehead atoms. The van der Waals surface area contributed by atoms with Crippen molar-refractivity contribution in [2.45, 2.75) is 24.2 Å². The van der Waals surface area contributed by atoms with Gasteiger partial charge in [0, 0.05) is 36.0 Å². The Labute approximate surface area is 116 Å². The Morgan fingerprint density at radius 2 is 2.16 bits per heavy atom. The molecule has 0 radical (unpaired) electrons. The topological polar surface area (TPSA) is 64.1 Å². The van der Waals surface area contributed by atoms with Crippen LogP contribution in [-0.4, -0.2) is 33.1 Å². The normalized spacial score (nSPS) is 15.5. The summed E-state index contributed by atoms with van der Waals surface area (Å²) in [4.78, 5) is 4.74. The second-order valence-corrected chi connectivity index (χ2v) is 5.76. The van der Waals surface area contributed by atoms with E-state index in [1.54, 1.807) is 11.8 Å². The molecule has 0 saturated heterocycles. The highest BCUT2D eigenvalue weighted by Gasteiger charge is 2.23. The fraction of sp³-hybridized carbons (Fsp3) is 0.357. The van der Waals surface area contributed by atoms with Gasteiger partial charge in [0.2, 0.25) is 0 Å². The van der Waals surface area contributed by atoms with E-state index in [0.29, 0.717) is 6.42 Å². The fourth-order valence-electron chi connectivity index (χ4n) is 2.38. The zero-order valence-corrected chi connectivity index (χ0v) is 11.4. The number of hydrogen-bond acceptors (Lipinski definition) is 4. The van der Waals surface area contributed by atoms with Crippen LogP contribution in [0, 0.1) is 0 Å². The third kappa shape index (κ3) is 2.41. The largest absolute Gasteiger partial charge is 0.395 e. The van der Waals surface area contributed by atoms with Crippen molar-refractivity contribution >= 4 is 11.8 Å². The van der Waals surface area contributed by atoms with E-state index < -0.39 is 0 Å². The third-order valence-electron chi connectivity index (χ3n) is 3.32. The van der Waals surface area contributed by atoms with Crippen LogP contribution in [-0.2, 0) is 13.0 Å². The summed E-state index contributed by atoms with van der Waals surface area (Å²) in [5.74, 6) is 1.07. The van der Waals surface area contributed by atoms with Crippen LogP contribution in [0.1, 0.15) is 5.69 Å².